The Hall–Kier alpha value is -2.31. The third-order valence-electron chi connectivity index (χ3n) is 3.58. The molecular weight excluding hydrogens is 315 g/mol. The van der Waals surface area contributed by atoms with Crippen molar-refractivity contribution >= 4 is 14.5 Å². The van der Waals surface area contributed by atoms with Crippen LogP contribution in [0.4, 0.5) is 0 Å². The second-order valence-electron chi connectivity index (χ2n) is 5.31. The summed E-state index contributed by atoms with van der Waals surface area (Å²) in [5.41, 5.74) is 3.40. The molecule has 3 aromatic rings. The fourth-order valence-electron chi connectivity index (χ4n) is 2.30. The number of methoxy groups -OCH3 is 2. The quantitative estimate of drug-likeness (QED) is 0.635. The Morgan fingerprint density at radius 2 is 1.04 bits per heavy atom. The van der Waals surface area contributed by atoms with E-state index in [0.717, 1.165) is 22.6 Å². The lowest BCUT2D eigenvalue weighted by molar-refractivity contribution is 0.410. The first-order valence-corrected chi connectivity index (χ1v) is 8.32. The summed E-state index contributed by atoms with van der Waals surface area (Å²) in [7, 11) is 6.00. The minimum atomic E-state index is 0.854. The summed E-state index contributed by atoms with van der Waals surface area (Å²) in [6, 6.07) is 24.2. The predicted molar refractivity (Wildman–Crippen MR) is 106 cm³/mol. The molecule has 0 N–H and O–H groups in total. The van der Waals surface area contributed by atoms with Gasteiger partial charge in [0.25, 0.3) is 0 Å². The predicted octanol–water partition coefficient (Wildman–Crippen LogP) is 4.87. The van der Waals surface area contributed by atoms with Crippen LogP contribution >= 0.6 is 9.24 Å². The van der Waals surface area contributed by atoms with E-state index in [1.54, 1.807) is 14.2 Å². The molecule has 2 nitrogen and oxygen atoms in total. The molecule has 24 heavy (non-hydrogen) atoms. The Morgan fingerprint density at radius 1 is 0.625 bits per heavy atom. The Morgan fingerprint density at radius 3 is 1.42 bits per heavy atom. The average molecular weight is 338 g/mol. The number of hydrogen-bond acceptors (Lipinski definition) is 2. The van der Waals surface area contributed by atoms with Crippen molar-refractivity contribution in [3.8, 4) is 22.6 Å². The number of ether oxygens (including phenoxy) is 2. The van der Waals surface area contributed by atoms with Crippen LogP contribution in [0.2, 0.25) is 0 Å². The van der Waals surface area contributed by atoms with Crippen molar-refractivity contribution in [2.24, 2.45) is 0 Å². The van der Waals surface area contributed by atoms with Crippen LogP contribution < -0.4 is 14.8 Å². The maximum atomic E-state index is 5.34. The van der Waals surface area contributed by atoms with Crippen LogP contribution in [0.3, 0.4) is 0 Å². The number of hydrogen-bond donors (Lipinski definition) is 0. The summed E-state index contributed by atoms with van der Waals surface area (Å²) in [5.74, 6) is 1.71. The van der Waals surface area contributed by atoms with E-state index < -0.39 is 0 Å². The van der Waals surface area contributed by atoms with Gasteiger partial charge in [-0.25, -0.2) is 0 Å². The number of benzene rings is 3. The second-order valence-corrected chi connectivity index (χ2v) is 5.98. The SMILES string of the molecule is COc1ccccc1-c1ccccc1OC.Cc1ccc(P)cc1. The van der Waals surface area contributed by atoms with Gasteiger partial charge >= 0.3 is 0 Å². The molecule has 0 aliphatic heterocycles. The van der Waals surface area contributed by atoms with E-state index in [2.05, 4.69) is 40.4 Å². The Labute approximate surface area is 146 Å². The van der Waals surface area contributed by atoms with E-state index in [1.807, 2.05) is 48.5 Å². The van der Waals surface area contributed by atoms with Gasteiger partial charge in [-0.1, -0.05) is 66.2 Å². The summed E-state index contributed by atoms with van der Waals surface area (Å²) < 4.78 is 10.7. The highest BCUT2D eigenvalue weighted by Crippen LogP contribution is 2.35. The van der Waals surface area contributed by atoms with Crippen molar-refractivity contribution in [1.29, 1.82) is 0 Å². The van der Waals surface area contributed by atoms with Crippen LogP contribution in [0.15, 0.2) is 72.8 Å². The molecule has 1 atom stereocenters. The van der Waals surface area contributed by atoms with Crippen molar-refractivity contribution in [1.82, 2.24) is 0 Å². The van der Waals surface area contributed by atoms with E-state index >= 15 is 0 Å². The summed E-state index contributed by atoms with van der Waals surface area (Å²) in [5, 5.41) is 1.25. The van der Waals surface area contributed by atoms with Crippen LogP contribution in [0.1, 0.15) is 5.56 Å². The van der Waals surface area contributed by atoms with Gasteiger partial charge in [0, 0.05) is 11.1 Å². The largest absolute Gasteiger partial charge is 0.496 e. The molecule has 0 fully saturated rings. The van der Waals surface area contributed by atoms with Gasteiger partial charge in [0.15, 0.2) is 0 Å². The van der Waals surface area contributed by atoms with E-state index in [9.17, 15) is 0 Å². The van der Waals surface area contributed by atoms with Gasteiger partial charge in [-0.2, -0.15) is 0 Å². The highest BCUT2D eigenvalue weighted by Gasteiger charge is 2.08. The molecule has 0 saturated heterocycles. The molecule has 3 aromatic carbocycles. The molecule has 0 heterocycles. The lowest BCUT2D eigenvalue weighted by atomic mass is 10.0. The van der Waals surface area contributed by atoms with E-state index in [0.29, 0.717) is 0 Å². The first kappa shape index (κ1) is 18.0. The molecule has 0 aliphatic carbocycles. The van der Waals surface area contributed by atoms with Crippen LogP contribution in [-0.2, 0) is 0 Å². The normalized spacial score (nSPS) is 9.67. The summed E-state index contributed by atoms with van der Waals surface area (Å²) in [6.07, 6.45) is 0. The molecule has 1 unspecified atom stereocenters. The second kappa shape index (κ2) is 9.10. The van der Waals surface area contributed by atoms with Crippen molar-refractivity contribution in [2.75, 3.05) is 14.2 Å². The van der Waals surface area contributed by atoms with Crippen molar-refractivity contribution < 1.29 is 9.47 Å². The van der Waals surface area contributed by atoms with Crippen molar-refractivity contribution in [3.05, 3.63) is 78.4 Å². The van der Waals surface area contributed by atoms with Crippen molar-refractivity contribution in [3.63, 3.8) is 0 Å². The molecular formula is C21H23O2P. The monoisotopic (exact) mass is 338 g/mol. The van der Waals surface area contributed by atoms with Gasteiger partial charge in [0.1, 0.15) is 11.5 Å². The van der Waals surface area contributed by atoms with Crippen LogP contribution in [0.25, 0.3) is 11.1 Å². The minimum absolute atomic E-state index is 0.854. The maximum Gasteiger partial charge on any atom is 0.126 e. The van der Waals surface area contributed by atoms with Gasteiger partial charge in [0.2, 0.25) is 0 Å². The highest BCUT2D eigenvalue weighted by atomic mass is 31.0. The van der Waals surface area contributed by atoms with Crippen molar-refractivity contribution in [2.45, 2.75) is 6.92 Å². The molecule has 0 saturated carbocycles. The maximum absolute atomic E-state index is 5.34. The molecule has 3 rings (SSSR count). The molecule has 0 radical (unpaired) electrons. The molecule has 0 spiro atoms. The topological polar surface area (TPSA) is 18.5 Å². The molecule has 3 heteroatoms. The van der Waals surface area contributed by atoms with Gasteiger partial charge in [-0.3, -0.25) is 0 Å². The van der Waals surface area contributed by atoms with E-state index in [4.69, 9.17) is 9.47 Å². The fraction of sp³-hybridized carbons (Fsp3) is 0.143. The smallest absolute Gasteiger partial charge is 0.126 e. The van der Waals surface area contributed by atoms with E-state index in [1.165, 1.54) is 10.9 Å². The number of rotatable bonds is 3. The summed E-state index contributed by atoms with van der Waals surface area (Å²) >= 11 is 0. The average Bonchev–Trinajstić information content (AvgIpc) is 2.64. The lowest BCUT2D eigenvalue weighted by Crippen LogP contribution is -1.90. The third-order valence-corrected chi connectivity index (χ3v) is 3.97. The summed E-state index contributed by atoms with van der Waals surface area (Å²) in [6.45, 7) is 2.09. The fourth-order valence-corrected chi connectivity index (χ4v) is 2.49. The van der Waals surface area contributed by atoms with Gasteiger partial charge in [0.05, 0.1) is 14.2 Å². The number of aryl methyl sites for hydroxylation is 1. The van der Waals surface area contributed by atoms with Crippen LogP contribution in [0, 0.1) is 6.92 Å². The van der Waals surface area contributed by atoms with Crippen LogP contribution in [0.5, 0.6) is 11.5 Å². The van der Waals surface area contributed by atoms with Gasteiger partial charge in [-0.05, 0) is 24.4 Å². The van der Waals surface area contributed by atoms with E-state index in [-0.39, 0.29) is 0 Å². The molecule has 0 bridgehead atoms. The molecule has 0 aliphatic rings. The molecule has 0 aromatic heterocycles. The molecule has 124 valence electrons. The third kappa shape index (κ3) is 4.84. The lowest BCUT2D eigenvalue weighted by Gasteiger charge is -2.11. The zero-order chi connectivity index (χ0) is 17.4. The Kier molecular flexibility index (Phi) is 6.84. The first-order chi connectivity index (χ1) is 11.7. The summed E-state index contributed by atoms with van der Waals surface area (Å²) in [4.78, 5) is 0. The number of para-hydroxylation sites is 2. The molecule has 0 amide bonds. The Bertz CT molecular complexity index is 700. The Balaban J connectivity index is 0.000000219. The highest BCUT2D eigenvalue weighted by molar-refractivity contribution is 7.27. The van der Waals surface area contributed by atoms with Crippen LogP contribution in [-0.4, -0.2) is 14.2 Å². The minimum Gasteiger partial charge on any atom is -0.496 e. The zero-order valence-corrected chi connectivity index (χ0v) is 15.5. The standard InChI is InChI=1S/C14H14O2.C7H9P/c1-15-13-9-5-3-7-11(13)12-8-4-6-10-14(12)16-2;1-6-2-4-7(8)5-3-6/h3-10H,1-2H3;2-5H,8H2,1H3. The van der Waals surface area contributed by atoms with Gasteiger partial charge < -0.3 is 9.47 Å². The zero-order valence-electron chi connectivity index (χ0n) is 14.3. The van der Waals surface area contributed by atoms with Gasteiger partial charge in [-0.15, -0.1) is 9.24 Å². The first-order valence-electron chi connectivity index (χ1n) is 7.74.